The maximum Gasteiger partial charge on any atom is 0.243 e. The van der Waals surface area contributed by atoms with Gasteiger partial charge < -0.3 is 10.1 Å². The zero-order valence-electron chi connectivity index (χ0n) is 16.9. The predicted molar refractivity (Wildman–Crippen MR) is 113 cm³/mol. The second-order valence-electron chi connectivity index (χ2n) is 7.93. The smallest absolute Gasteiger partial charge is 0.243 e. The number of nitrogens with one attached hydrogen (secondary N) is 1. The molecule has 162 valence electrons. The Balaban J connectivity index is 1.20. The van der Waals surface area contributed by atoms with E-state index in [9.17, 15) is 13.2 Å². The minimum atomic E-state index is -3.56. The third-order valence-corrected chi connectivity index (χ3v) is 7.78. The molecule has 0 bridgehead atoms. The largest absolute Gasteiger partial charge is 0.476 e. The third-order valence-electron chi connectivity index (χ3n) is 5.88. The van der Waals surface area contributed by atoms with Crippen LogP contribution < -0.4 is 10.1 Å². The number of fused-ring (bicyclic) bond motifs is 2. The standard InChI is InChI=1S/C21H23N5O4S/c27-20-5-1-16-13-17(2-3-18(16)23-20)31(28,29)25-10-7-15(8-11-25)14-30-21-6-4-19-22-9-12-26(19)24-21/h2-4,6,9,12-13,15H,1,5,7-8,10-11,14H2,(H,23,27). The molecule has 1 amide bonds. The molecule has 0 radical (unpaired) electrons. The lowest BCUT2D eigenvalue weighted by Gasteiger charge is -2.31. The minimum absolute atomic E-state index is 0.0347. The Morgan fingerprint density at radius 1 is 1.13 bits per heavy atom. The van der Waals surface area contributed by atoms with Gasteiger partial charge in [0.25, 0.3) is 0 Å². The number of ether oxygens (including phenoxy) is 1. The molecule has 1 aromatic carbocycles. The maximum absolute atomic E-state index is 13.1. The van der Waals surface area contributed by atoms with Gasteiger partial charge in [0, 0.05) is 43.7 Å². The van der Waals surface area contributed by atoms with Crippen LogP contribution in [0.15, 0.2) is 47.6 Å². The van der Waals surface area contributed by atoms with Gasteiger partial charge in [0.2, 0.25) is 21.8 Å². The highest BCUT2D eigenvalue weighted by atomic mass is 32.2. The van der Waals surface area contributed by atoms with Crippen molar-refractivity contribution in [3.05, 3.63) is 48.3 Å². The van der Waals surface area contributed by atoms with Crippen LogP contribution in [-0.2, 0) is 21.2 Å². The van der Waals surface area contributed by atoms with E-state index in [1.165, 1.54) is 0 Å². The maximum atomic E-state index is 13.1. The number of hydrogen-bond donors (Lipinski definition) is 1. The SMILES string of the molecule is O=C1CCc2cc(S(=O)(=O)N3CCC(COc4ccc5nccn5n4)CC3)ccc2N1. The van der Waals surface area contributed by atoms with Crippen LogP contribution in [0.5, 0.6) is 5.88 Å². The molecule has 9 nitrogen and oxygen atoms in total. The number of benzene rings is 1. The van der Waals surface area contributed by atoms with Crippen molar-refractivity contribution >= 4 is 27.3 Å². The molecule has 2 aliphatic heterocycles. The lowest BCUT2D eigenvalue weighted by Crippen LogP contribution is -2.39. The second-order valence-corrected chi connectivity index (χ2v) is 9.87. The van der Waals surface area contributed by atoms with E-state index >= 15 is 0 Å². The van der Waals surface area contributed by atoms with Crippen LogP contribution in [-0.4, -0.2) is 52.9 Å². The molecule has 2 aromatic heterocycles. The van der Waals surface area contributed by atoms with Crippen LogP contribution in [0.2, 0.25) is 0 Å². The third kappa shape index (κ3) is 4.00. The first-order valence-corrected chi connectivity index (χ1v) is 11.8. The molecule has 0 unspecified atom stereocenters. The van der Waals surface area contributed by atoms with E-state index < -0.39 is 10.0 Å². The Hall–Kier alpha value is -2.98. The van der Waals surface area contributed by atoms with E-state index in [1.807, 2.05) is 6.07 Å². The number of amides is 1. The first kappa shape index (κ1) is 20.0. The van der Waals surface area contributed by atoms with Crippen LogP contribution in [0.1, 0.15) is 24.8 Å². The number of aromatic nitrogens is 3. The molecule has 3 aromatic rings. The lowest BCUT2D eigenvalue weighted by atomic mass is 9.99. The molecular weight excluding hydrogens is 418 g/mol. The van der Waals surface area contributed by atoms with Crippen LogP contribution in [0.3, 0.4) is 0 Å². The first-order chi connectivity index (χ1) is 15.0. The van der Waals surface area contributed by atoms with Gasteiger partial charge >= 0.3 is 0 Å². The summed E-state index contributed by atoms with van der Waals surface area (Å²) in [5.41, 5.74) is 2.33. The van der Waals surface area contributed by atoms with Crippen molar-refractivity contribution in [3.8, 4) is 5.88 Å². The topological polar surface area (TPSA) is 106 Å². The second kappa shape index (κ2) is 7.93. The number of aryl methyl sites for hydroxylation is 1. The van der Waals surface area contributed by atoms with Crippen molar-refractivity contribution in [2.45, 2.75) is 30.6 Å². The molecule has 4 heterocycles. The molecular formula is C21H23N5O4S. The predicted octanol–water partition coefficient (Wildman–Crippen LogP) is 2.09. The number of carbonyl (C=O) groups is 1. The molecule has 5 rings (SSSR count). The first-order valence-electron chi connectivity index (χ1n) is 10.4. The number of nitrogens with zero attached hydrogens (tertiary/aromatic N) is 4. The van der Waals surface area contributed by atoms with E-state index in [4.69, 9.17) is 4.74 Å². The number of imidazole rings is 1. The van der Waals surface area contributed by atoms with E-state index in [-0.39, 0.29) is 16.7 Å². The average molecular weight is 442 g/mol. The lowest BCUT2D eigenvalue weighted by molar-refractivity contribution is -0.116. The van der Waals surface area contributed by atoms with Gasteiger partial charge in [0.05, 0.1) is 11.5 Å². The fraction of sp³-hybridized carbons (Fsp3) is 0.381. The fourth-order valence-electron chi connectivity index (χ4n) is 4.06. The van der Waals surface area contributed by atoms with Crippen molar-refractivity contribution in [2.24, 2.45) is 5.92 Å². The van der Waals surface area contributed by atoms with Crippen LogP contribution >= 0.6 is 0 Å². The monoisotopic (exact) mass is 441 g/mol. The summed E-state index contributed by atoms with van der Waals surface area (Å²) in [5.74, 6) is 0.764. The van der Waals surface area contributed by atoms with E-state index in [2.05, 4.69) is 15.4 Å². The Labute approximate surface area is 180 Å². The number of piperidine rings is 1. The quantitative estimate of drug-likeness (QED) is 0.650. The summed E-state index contributed by atoms with van der Waals surface area (Å²) >= 11 is 0. The molecule has 0 atom stereocenters. The average Bonchev–Trinajstić information content (AvgIpc) is 3.25. The molecule has 2 aliphatic rings. The highest BCUT2D eigenvalue weighted by Crippen LogP contribution is 2.29. The fourth-order valence-corrected chi connectivity index (χ4v) is 5.58. The number of sulfonamides is 1. The highest BCUT2D eigenvalue weighted by Gasteiger charge is 2.30. The molecule has 31 heavy (non-hydrogen) atoms. The molecule has 0 aliphatic carbocycles. The van der Waals surface area contributed by atoms with Crippen molar-refractivity contribution < 1.29 is 17.9 Å². The molecule has 0 spiro atoms. The normalized spacial score (nSPS) is 18.0. The number of anilines is 1. The van der Waals surface area contributed by atoms with Gasteiger partial charge in [-0.25, -0.2) is 17.9 Å². The minimum Gasteiger partial charge on any atom is -0.476 e. The number of carbonyl (C=O) groups excluding carboxylic acids is 1. The van der Waals surface area contributed by atoms with E-state index in [0.29, 0.717) is 44.1 Å². The van der Waals surface area contributed by atoms with Crippen molar-refractivity contribution in [1.82, 2.24) is 18.9 Å². The summed E-state index contributed by atoms with van der Waals surface area (Å²) in [4.78, 5) is 16.0. The van der Waals surface area contributed by atoms with Gasteiger partial charge in [-0.15, -0.1) is 5.10 Å². The summed E-state index contributed by atoms with van der Waals surface area (Å²) in [6.07, 6.45) is 5.84. The van der Waals surface area contributed by atoms with Gasteiger partial charge in [0.15, 0.2) is 5.65 Å². The Morgan fingerprint density at radius 2 is 1.97 bits per heavy atom. The summed E-state index contributed by atoms with van der Waals surface area (Å²) in [5, 5.41) is 7.14. The van der Waals surface area contributed by atoms with Crippen molar-refractivity contribution in [2.75, 3.05) is 25.0 Å². The van der Waals surface area contributed by atoms with Crippen molar-refractivity contribution in [1.29, 1.82) is 0 Å². The molecule has 0 saturated carbocycles. The highest BCUT2D eigenvalue weighted by molar-refractivity contribution is 7.89. The summed E-state index contributed by atoms with van der Waals surface area (Å²) < 4.78 is 35.3. The van der Waals surface area contributed by atoms with Gasteiger partial charge in [-0.3, -0.25) is 4.79 Å². The Morgan fingerprint density at radius 3 is 2.81 bits per heavy atom. The zero-order valence-corrected chi connectivity index (χ0v) is 17.7. The van der Waals surface area contributed by atoms with Crippen LogP contribution in [0.25, 0.3) is 5.65 Å². The number of hydrogen-bond acceptors (Lipinski definition) is 6. The van der Waals surface area contributed by atoms with Gasteiger partial charge in [-0.1, -0.05) is 0 Å². The number of rotatable bonds is 5. The molecule has 10 heteroatoms. The molecule has 1 saturated heterocycles. The zero-order chi connectivity index (χ0) is 21.4. The van der Waals surface area contributed by atoms with E-state index in [0.717, 1.165) is 24.1 Å². The van der Waals surface area contributed by atoms with Gasteiger partial charge in [-0.05, 0) is 55.0 Å². The summed E-state index contributed by atoms with van der Waals surface area (Å²) in [6.45, 7) is 1.41. The van der Waals surface area contributed by atoms with E-state index in [1.54, 1.807) is 45.5 Å². The van der Waals surface area contributed by atoms with Gasteiger partial charge in [0.1, 0.15) is 0 Å². The summed E-state index contributed by atoms with van der Waals surface area (Å²) in [7, 11) is -3.56. The molecule has 1 fully saturated rings. The Kier molecular flexibility index (Phi) is 5.11. The summed E-state index contributed by atoms with van der Waals surface area (Å²) in [6, 6.07) is 8.59. The van der Waals surface area contributed by atoms with Crippen molar-refractivity contribution in [3.63, 3.8) is 0 Å². The Bertz CT molecular complexity index is 1230. The van der Waals surface area contributed by atoms with Gasteiger partial charge in [-0.2, -0.15) is 4.31 Å². The molecule has 1 N–H and O–H groups in total. The van der Waals surface area contributed by atoms with Crippen LogP contribution in [0, 0.1) is 5.92 Å². The van der Waals surface area contributed by atoms with Crippen LogP contribution in [0.4, 0.5) is 5.69 Å².